The third-order valence-electron chi connectivity index (χ3n) is 7.47. The van der Waals surface area contributed by atoms with Crippen molar-refractivity contribution in [3.63, 3.8) is 0 Å². The number of carbonyl (C=O) groups excluding carboxylic acids is 1. The molecule has 2 atom stereocenters. The van der Waals surface area contributed by atoms with Gasteiger partial charge in [-0.3, -0.25) is 9.69 Å². The van der Waals surface area contributed by atoms with Crippen LogP contribution < -0.4 is 14.4 Å². The van der Waals surface area contributed by atoms with Crippen molar-refractivity contribution in [3.05, 3.63) is 42.0 Å². The molecule has 218 valence electrons. The minimum absolute atomic E-state index is 0.208. The van der Waals surface area contributed by atoms with Crippen LogP contribution in [0.25, 0.3) is 10.2 Å². The number of amides is 1. The van der Waals surface area contributed by atoms with E-state index in [1.165, 1.54) is 11.3 Å². The van der Waals surface area contributed by atoms with Gasteiger partial charge in [0, 0.05) is 43.9 Å². The number of likely N-dealkylation sites (N-methyl/N-ethyl adjacent to an activating group) is 1. The summed E-state index contributed by atoms with van der Waals surface area (Å²) >= 11 is 1.41. The highest BCUT2D eigenvalue weighted by molar-refractivity contribution is 7.89. The number of carbonyl (C=O) groups is 1. The molecule has 2 aromatic carbocycles. The van der Waals surface area contributed by atoms with E-state index < -0.39 is 10.0 Å². The van der Waals surface area contributed by atoms with Crippen molar-refractivity contribution >= 4 is 42.6 Å². The summed E-state index contributed by atoms with van der Waals surface area (Å²) in [4.78, 5) is 22.8. The highest BCUT2D eigenvalue weighted by Gasteiger charge is 2.32. The molecule has 1 aliphatic rings. The molecule has 2 unspecified atom stereocenters. The number of piperidine rings is 1. The standard InChI is InChI=1S/C29H40N4O5S2/c1-7-31(8-2)13-14-33(29-30-24-16-25(37-5)26(38-6)17-27(24)39-29)28(34)22-9-11-23(12-10-22)40(35,36)32-18-20(3)15-21(4)19-32/h9-12,16-17,20-21H,7-8,13-15,18-19H2,1-6H3. The van der Waals surface area contributed by atoms with Gasteiger partial charge in [0.05, 0.1) is 29.3 Å². The van der Waals surface area contributed by atoms with Gasteiger partial charge in [-0.15, -0.1) is 0 Å². The van der Waals surface area contributed by atoms with Gasteiger partial charge in [-0.2, -0.15) is 4.31 Å². The molecule has 3 aromatic rings. The van der Waals surface area contributed by atoms with E-state index in [0.717, 1.165) is 24.2 Å². The van der Waals surface area contributed by atoms with Crippen LogP contribution in [0.1, 0.15) is 44.5 Å². The highest BCUT2D eigenvalue weighted by Crippen LogP contribution is 2.37. The molecule has 1 aromatic heterocycles. The fraction of sp³-hybridized carbons (Fsp3) is 0.517. The first-order chi connectivity index (χ1) is 19.1. The second-order valence-corrected chi connectivity index (χ2v) is 13.4. The monoisotopic (exact) mass is 588 g/mol. The predicted octanol–water partition coefficient (Wildman–Crippen LogP) is 4.97. The summed E-state index contributed by atoms with van der Waals surface area (Å²) in [5.74, 6) is 1.57. The second kappa shape index (κ2) is 12.8. The smallest absolute Gasteiger partial charge is 0.260 e. The molecule has 1 amide bonds. The van der Waals surface area contributed by atoms with Gasteiger partial charge in [0.25, 0.3) is 5.91 Å². The molecular weight excluding hydrogens is 548 g/mol. The number of ether oxygens (including phenoxy) is 2. The van der Waals surface area contributed by atoms with E-state index in [2.05, 4.69) is 32.6 Å². The quantitative estimate of drug-likeness (QED) is 0.312. The van der Waals surface area contributed by atoms with Crippen molar-refractivity contribution in [1.29, 1.82) is 0 Å². The maximum absolute atomic E-state index is 13.9. The molecule has 1 fully saturated rings. The third kappa shape index (κ3) is 6.43. The number of hydrogen-bond donors (Lipinski definition) is 0. The summed E-state index contributed by atoms with van der Waals surface area (Å²) in [5.41, 5.74) is 1.12. The molecule has 11 heteroatoms. The number of sulfonamides is 1. The molecule has 0 N–H and O–H groups in total. The molecule has 0 bridgehead atoms. The van der Waals surface area contributed by atoms with E-state index in [4.69, 9.17) is 14.5 Å². The summed E-state index contributed by atoms with van der Waals surface area (Å²) in [5, 5.41) is 0.565. The van der Waals surface area contributed by atoms with Gasteiger partial charge >= 0.3 is 0 Å². The molecular formula is C29H40N4O5S2. The minimum atomic E-state index is -3.63. The van der Waals surface area contributed by atoms with Crippen LogP contribution in [0.15, 0.2) is 41.3 Å². The van der Waals surface area contributed by atoms with Crippen LogP contribution in [0.2, 0.25) is 0 Å². The number of thiazole rings is 1. The zero-order valence-corrected chi connectivity index (χ0v) is 25.8. The summed E-state index contributed by atoms with van der Waals surface area (Å²) in [6.07, 6.45) is 1.02. The van der Waals surface area contributed by atoms with Gasteiger partial charge in [0.2, 0.25) is 10.0 Å². The van der Waals surface area contributed by atoms with Crippen LogP contribution >= 0.6 is 11.3 Å². The third-order valence-corrected chi connectivity index (χ3v) is 10.4. The van der Waals surface area contributed by atoms with Gasteiger partial charge in [0.1, 0.15) is 0 Å². The Morgan fingerprint density at radius 1 is 1.00 bits per heavy atom. The Morgan fingerprint density at radius 2 is 1.60 bits per heavy atom. The lowest BCUT2D eigenvalue weighted by Crippen LogP contribution is -2.42. The zero-order chi connectivity index (χ0) is 29.0. The van der Waals surface area contributed by atoms with Crippen molar-refractivity contribution in [2.75, 3.05) is 58.4 Å². The van der Waals surface area contributed by atoms with Gasteiger partial charge in [-0.25, -0.2) is 13.4 Å². The molecule has 1 aliphatic heterocycles. The Hall–Kier alpha value is -2.73. The van der Waals surface area contributed by atoms with Crippen molar-refractivity contribution < 1.29 is 22.7 Å². The molecule has 40 heavy (non-hydrogen) atoms. The average Bonchev–Trinajstić information content (AvgIpc) is 3.36. The zero-order valence-electron chi connectivity index (χ0n) is 24.2. The Bertz CT molecular complexity index is 1370. The molecule has 1 saturated heterocycles. The SMILES string of the molecule is CCN(CC)CCN(C(=O)c1ccc(S(=O)(=O)N2CC(C)CC(C)C2)cc1)c1nc2cc(OC)c(OC)cc2s1. The summed E-state index contributed by atoms with van der Waals surface area (Å²) in [7, 11) is -0.472. The Labute approximate surface area is 241 Å². The van der Waals surface area contributed by atoms with Crippen LogP contribution in [0.5, 0.6) is 11.5 Å². The van der Waals surface area contributed by atoms with E-state index >= 15 is 0 Å². The second-order valence-electron chi connectivity index (χ2n) is 10.4. The Kier molecular flexibility index (Phi) is 9.71. The molecule has 0 saturated carbocycles. The molecule has 9 nitrogen and oxygen atoms in total. The number of aromatic nitrogens is 1. The number of fused-ring (bicyclic) bond motifs is 1. The summed E-state index contributed by atoms with van der Waals surface area (Å²) < 4.78 is 40.0. The first-order valence-corrected chi connectivity index (χ1v) is 16.0. The molecule has 2 heterocycles. The Balaban J connectivity index is 1.64. The fourth-order valence-corrected chi connectivity index (χ4v) is 7.98. The van der Waals surface area contributed by atoms with Crippen LogP contribution in [0.3, 0.4) is 0 Å². The maximum atomic E-state index is 13.9. The predicted molar refractivity (Wildman–Crippen MR) is 160 cm³/mol. The molecule has 0 radical (unpaired) electrons. The van der Waals surface area contributed by atoms with Crippen molar-refractivity contribution in [2.24, 2.45) is 11.8 Å². The Morgan fingerprint density at radius 3 is 2.17 bits per heavy atom. The van der Waals surface area contributed by atoms with Crippen molar-refractivity contribution in [3.8, 4) is 11.5 Å². The molecule has 4 rings (SSSR count). The normalized spacial score (nSPS) is 18.3. The van der Waals surface area contributed by atoms with E-state index in [-0.39, 0.29) is 10.8 Å². The van der Waals surface area contributed by atoms with Crippen LogP contribution in [0.4, 0.5) is 5.13 Å². The average molecular weight is 589 g/mol. The van der Waals surface area contributed by atoms with E-state index in [1.807, 2.05) is 12.1 Å². The number of rotatable bonds is 11. The highest BCUT2D eigenvalue weighted by atomic mass is 32.2. The van der Waals surface area contributed by atoms with E-state index in [9.17, 15) is 13.2 Å². The number of nitrogens with zero attached hydrogens (tertiary/aromatic N) is 4. The van der Waals surface area contributed by atoms with E-state index in [1.54, 1.807) is 47.7 Å². The van der Waals surface area contributed by atoms with Gasteiger partial charge < -0.3 is 14.4 Å². The lowest BCUT2D eigenvalue weighted by atomic mass is 9.94. The van der Waals surface area contributed by atoms with Crippen LogP contribution in [-0.4, -0.2) is 82.0 Å². The van der Waals surface area contributed by atoms with Crippen molar-refractivity contribution in [2.45, 2.75) is 39.0 Å². The van der Waals surface area contributed by atoms with Gasteiger partial charge in [-0.1, -0.05) is 39.0 Å². The minimum Gasteiger partial charge on any atom is -0.493 e. The number of anilines is 1. The lowest BCUT2D eigenvalue weighted by Gasteiger charge is -2.34. The molecule has 0 aliphatic carbocycles. The number of methoxy groups -OCH3 is 2. The molecule has 0 spiro atoms. The summed E-state index contributed by atoms with van der Waals surface area (Å²) in [6, 6.07) is 9.98. The lowest BCUT2D eigenvalue weighted by molar-refractivity contribution is 0.0983. The van der Waals surface area contributed by atoms with Gasteiger partial charge in [0.15, 0.2) is 16.6 Å². The van der Waals surface area contributed by atoms with Crippen LogP contribution in [-0.2, 0) is 10.0 Å². The number of hydrogen-bond acceptors (Lipinski definition) is 8. The van der Waals surface area contributed by atoms with E-state index in [0.29, 0.717) is 65.7 Å². The van der Waals surface area contributed by atoms with Crippen LogP contribution in [0, 0.1) is 11.8 Å². The maximum Gasteiger partial charge on any atom is 0.260 e. The summed E-state index contributed by atoms with van der Waals surface area (Å²) in [6.45, 7) is 12.2. The number of benzene rings is 2. The topological polar surface area (TPSA) is 92.3 Å². The largest absolute Gasteiger partial charge is 0.493 e. The fourth-order valence-electron chi connectivity index (χ4n) is 5.30. The van der Waals surface area contributed by atoms with Crippen molar-refractivity contribution in [1.82, 2.24) is 14.2 Å². The first kappa shape index (κ1) is 30.2. The first-order valence-electron chi connectivity index (χ1n) is 13.8. The van der Waals surface area contributed by atoms with Gasteiger partial charge in [-0.05, 0) is 55.6 Å².